The zero-order valence-electron chi connectivity index (χ0n) is 16.7. The Hall–Kier alpha value is -2.80. The Morgan fingerprint density at radius 3 is 2.70 bits per heavy atom. The molecule has 2 aliphatic rings. The molecule has 1 N–H and O–H groups in total. The Morgan fingerprint density at radius 2 is 1.93 bits per heavy atom. The third-order valence-corrected chi connectivity index (χ3v) is 5.82. The molecule has 0 radical (unpaired) electrons. The molecular formula is C23H23BrN2O4. The van der Waals surface area contributed by atoms with Crippen molar-refractivity contribution < 1.29 is 19.1 Å². The molecule has 2 aromatic carbocycles. The summed E-state index contributed by atoms with van der Waals surface area (Å²) in [6.45, 7) is 1.58. The molecule has 0 aliphatic carbocycles. The lowest BCUT2D eigenvalue weighted by Crippen LogP contribution is -2.38. The molecule has 30 heavy (non-hydrogen) atoms. The largest absolute Gasteiger partial charge is 0.493 e. The minimum absolute atomic E-state index is 0.00671. The predicted octanol–water partition coefficient (Wildman–Crippen LogP) is 4.34. The fraction of sp³-hybridized carbons (Fsp3) is 0.304. The van der Waals surface area contributed by atoms with Crippen LogP contribution in [0.5, 0.6) is 11.5 Å². The van der Waals surface area contributed by atoms with Gasteiger partial charge >= 0.3 is 0 Å². The highest BCUT2D eigenvalue weighted by atomic mass is 79.9. The Morgan fingerprint density at radius 1 is 1.13 bits per heavy atom. The zero-order valence-corrected chi connectivity index (χ0v) is 18.3. The first-order valence-electron chi connectivity index (χ1n) is 9.97. The number of rotatable bonds is 5. The van der Waals surface area contributed by atoms with Gasteiger partial charge in [-0.05, 0) is 61.2 Å². The number of fused-ring (bicyclic) bond motifs is 1. The number of methoxy groups -OCH3 is 1. The van der Waals surface area contributed by atoms with Gasteiger partial charge in [0, 0.05) is 34.4 Å². The van der Waals surface area contributed by atoms with Crippen LogP contribution < -0.4 is 14.8 Å². The van der Waals surface area contributed by atoms with E-state index in [1.165, 1.54) is 6.42 Å². The normalized spacial score (nSPS) is 16.9. The van der Waals surface area contributed by atoms with Crippen molar-refractivity contribution in [2.75, 3.05) is 32.1 Å². The Balaban J connectivity index is 1.51. The maximum Gasteiger partial charge on any atom is 0.260 e. The van der Waals surface area contributed by atoms with Crippen LogP contribution in [-0.2, 0) is 9.59 Å². The third-order valence-electron chi connectivity index (χ3n) is 5.32. The standard InChI is InChI=1S/C23H23BrN2O4/c1-29-21-12-15(11-18-17-13-16(24)6-7-19(17)25-23(18)28)5-8-20(21)30-14-22(27)26-9-3-2-4-10-26/h5-8,11-13H,2-4,9-10,14H2,1H3,(H,25,28)/b18-11-. The molecule has 7 heteroatoms. The first-order chi connectivity index (χ1) is 14.5. The van der Waals surface area contributed by atoms with Gasteiger partial charge < -0.3 is 19.7 Å². The summed E-state index contributed by atoms with van der Waals surface area (Å²) in [5.41, 5.74) is 3.03. The molecule has 2 amide bonds. The lowest BCUT2D eigenvalue weighted by atomic mass is 10.0. The number of carbonyl (C=O) groups is 2. The van der Waals surface area contributed by atoms with E-state index in [1.54, 1.807) is 19.2 Å². The van der Waals surface area contributed by atoms with Crippen molar-refractivity contribution >= 4 is 45.1 Å². The van der Waals surface area contributed by atoms with Gasteiger partial charge in [0.05, 0.1) is 7.11 Å². The molecule has 6 nitrogen and oxygen atoms in total. The number of amides is 2. The van der Waals surface area contributed by atoms with Gasteiger partial charge in [-0.1, -0.05) is 22.0 Å². The molecule has 2 heterocycles. The molecule has 1 fully saturated rings. The monoisotopic (exact) mass is 470 g/mol. The lowest BCUT2D eigenvalue weighted by Gasteiger charge is -2.26. The molecule has 4 rings (SSSR count). The zero-order chi connectivity index (χ0) is 21.1. The molecule has 0 saturated carbocycles. The topological polar surface area (TPSA) is 67.9 Å². The fourth-order valence-corrected chi connectivity index (χ4v) is 4.10. The van der Waals surface area contributed by atoms with E-state index in [-0.39, 0.29) is 18.4 Å². The number of anilines is 1. The molecule has 2 aromatic rings. The van der Waals surface area contributed by atoms with Crippen LogP contribution in [0.15, 0.2) is 40.9 Å². The van der Waals surface area contributed by atoms with Gasteiger partial charge in [-0.15, -0.1) is 0 Å². The number of ether oxygens (including phenoxy) is 2. The molecule has 0 spiro atoms. The first-order valence-corrected chi connectivity index (χ1v) is 10.8. The van der Waals surface area contributed by atoms with E-state index in [0.29, 0.717) is 17.1 Å². The van der Waals surface area contributed by atoms with Crippen molar-refractivity contribution in [3.63, 3.8) is 0 Å². The van der Waals surface area contributed by atoms with Gasteiger partial charge in [-0.3, -0.25) is 9.59 Å². The molecule has 0 atom stereocenters. The van der Waals surface area contributed by atoms with E-state index in [1.807, 2.05) is 35.2 Å². The van der Waals surface area contributed by atoms with Crippen molar-refractivity contribution in [2.45, 2.75) is 19.3 Å². The lowest BCUT2D eigenvalue weighted by molar-refractivity contribution is -0.134. The number of halogens is 1. The van der Waals surface area contributed by atoms with E-state index in [4.69, 9.17) is 9.47 Å². The summed E-state index contributed by atoms with van der Waals surface area (Å²) in [7, 11) is 1.56. The van der Waals surface area contributed by atoms with Crippen molar-refractivity contribution in [3.05, 3.63) is 52.0 Å². The Bertz CT molecular complexity index is 1010. The molecule has 0 aromatic heterocycles. The fourth-order valence-electron chi connectivity index (χ4n) is 3.74. The number of nitrogens with one attached hydrogen (secondary N) is 1. The smallest absolute Gasteiger partial charge is 0.260 e. The second-order valence-electron chi connectivity index (χ2n) is 7.34. The van der Waals surface area contributed by atoms with Crippen LogP contribution in [0.4, 0.5) is 5.69 Å². The van der Waals surface area contributed by atoms with Crippen LogP contribution in [0.3, 0.4) is 0 Å². The number of carbonyl (C=O) groups excluding carboxylic acids is 2. The molecule has 0 unspecified atom stereocenters. The van der Waals surface area contributed by atoms with Crippen molar-refractivity contribution in [1.29, 1.82) is 0 Å². The maximum absolute atomic E-state index is 12.4. The van der Waals surface area contributed by atoms with Crippen LogP contribution in [0.25, 0.3) is 11.6 Å². The van der Waals surface area contributed by atoms with Crippen LogP contribution in [-0.4, -0.2) is 43.5 Å². The number of nitrogens with zero attached hydrogens (tertiary/aromatic N) is 1. The van der Waals surface area contributed by atoms with Gasteiger partial charge in [-0.2, -0.15) is 0 Å². The first kappa shape index (κ1) is 20.5. The molecule has 2 aliphatic heterocycles. The minimum atomic E-state index is -0.144. The number of benzene rings is 2. The highest BCUT2D eigenvalue weighted by Gasteiger charge is 2.24. The summed E-state index contributed by atoms with van der Waals surface area (Å²) in [6.07, 6.45) is 5.09. The van der Waals surface area contributed by atoms with Crippen LogP contribution in [0.1, 0.15) is 30.4 Å². The maximum atomic E-state index is 12.4. The summed E-state index contributed by atoms with van der Waals surface area (Å²) in [4.78, 5) is 26.6. The quantitative estimate of drug-likeness (QED) is 0.659. The van der Waals surface area contributed by atoms with Gasteiger partial charge in [0.25, 0.3) is 11.8 Å². The molecule has 0 bridgehead atoms. The summed E-state index contributed by atoms with van der Waals surface area (Å²) in [5, 5.41) is 2.87. The van der Waals surface area contributed by atoms with E-state index in [0.717, 1.165) is 47.2 Å². The third kappa shape index (κ3) is 4.36. The van der Waals surface area contributed by atoms with E-state index < -0.39 is 0 Å². The van der Waals surface area contributed by atoms with Crippen LogP contribution >= 0.6 is 15.9 Å². The van der Waals surface area contributed by atoms with Crippen molar-refractivity contribution in [3.8, 4) is 11.5 Å². The van der Waals surface area contributed by atoms with Crippen molar-refractivity contribution in [2.24, 2.45) is 0 Å². The summed E-state index contributed by atoms with van der Waals surface area (Å²) < 4.78 is 12.1. The number of piperidine rings is 1. The van der Waals surface area contributed by atoms with Crippen molar-refractivity contribution in [1.82, 2.24) is 4.90 Å². The number of hydrogen-bond donors (Lipinski definition) is 1. The SMILES string of the molecule is COc1cc(/C=C2\C(=O)Nc3ccc(Br)cc32)ccc1OCC(=O)N1CCCCC1. The minimum Gasteiger partial charge on any atom is -0.493 e. The molecular weight excluding hydrogens is 448 g/mol. The van der Waals surface area contributed by atoms with E-state index >= 15 is 0 Å². The number of hydrogen-bond acceptors (Lipinski definition) is 4. The molecule has 1 saturated heterocycles. The van der Waals surface area contributed by atoms with E-state index in [9.17, 15) is 9.59 Å². The Kier molecular flexibility index (Phi) is 6.08. The number of likely N-dealkylation sites (tertiary alicyclic amines) is 1. The van der Waals surface area contributed by atoms with E-state index in [2.05, 4.69) is 21.2 Å². The van der Waals surface area contributed by atoms with Crippen LogP contribution in [0, 0.1) is 0 Å². The van der Waals surface area contributed by atoms with Gasteiger partial charge in [0.15, 0.2) is 18.1 Å². The summed E-state index contributed by atoms with van der Waals surface area (Å²) in [5.74, 6) is 0.870. The Labute approximate surface area is 184 Å². The molecule has 156 valence electrons. The average Bonchev–Trinajstić information content (AvgIpc) is 3.07. The average molecular weight is 471 g/mol. The second kappa shape index (κ2) is 8.92. The predicted molar refractivity (Wildman–Crippen MR) is 120 cm³/mol. The summed E-state index contributed by atoms with van der Waals surface area (Å²) >= 11 is 3.45. The van der Waals surface area contributed by atoms with Crippen LogP contribution in [0.2, 0.25) is 0 Å². The highest BCUT2D eigenvalue weighted by molar-refractivity contribution is 9.10. The second-order valence-corrected chi connectivity index (χ2v) is 8.26. The van der Waals surface area contributed by atoms with Gasteiger partial charge in [0.1, 0.15) is 0 Å². The highest BCUT2D eigenvalue weighted by Crippen LogP contribution is 2.36. The summed E-state index contributed by atoms with van der Waals surface area (Å²) in [6, 6.07) is 11.1. The van der Waals surface area contributed by atoms with Gasteiger partial charge in [0.2, 0.25) is 0 Å². The van der Waals surface area contributed by atoms with Gasteiger partial charge in [-0.25, -0.2) is 0 Å².